The average Bonchev–Trinajstić information content (AvgIpc) is 2.54. The van der Waals surface area contributed by atoms with Crippen LogP contribution in [0.5, 0.6) is 0 Å². The van der Waals surface area contributed by atoms with Crippen molar-refractivity contribution in [3.05, 3.63) is 0 Å². The van der Waals surface area contributed by atoms with Gasteiger partial charge in [0.15, 0.2) is 0 Å². The van der Waals surface area contributed by atoms with Crippen molar-refractivity contribution in [2.24, 2.45) is 11.7 Å². The van der Waals surface area contributed by atoms with E-state index < -0.39 is 5.97 Å². The number of rotatable bonds is 5. The summed E-state index contributed by atoms with van der Waals surface area (Å²) >= 11 is 0. The quantitative estimate of drug-likeness (QED) is 0.724. The van der Waals surface area contributed by atoms with Crippen LogP contribution < -0.4 is 5.73 Å². The molecule has 1 rings (SSSR count). The van der Waals surface area contributed by atoms with Gasteiger partial charge in [-0.2, -0.15) is 0 Å². The number of hydrogen-bond acceptors (Lipinski definition) is 3. The van der Waals surface area contributed by atoms with Crippen molar-refractivity contribution in [3.8, 4) is 0 Å². The van der Waals surface area contributed by atoms with Crippen LogP contribution in [-0.2, 0) is 9.59 Å². The molecule has 0 saturated heterocycles. The second-order valence-electron chi connectivity index (χ2n) is 4.97. The largest absolute Gasteiger partial charge is 0.481 e. The normalized spacial score (nSPS) is 24.3. The van der Waals surface area contributed by atoms with E-state index in [1.54, 1.807) is 4.90 Å². The van der Waals surface area contributed by atoms with Crippen LogP contribution in [-0.4, -0.2) is 41.0 Å². The molecule has 2 atom stereocenters. The van der Waals surface area contributed by atoms with E-state index in [0.29, 0.717) is 6.54 Å². The summed E-state index contributed by atoms with van der Waals surface area (Å²) in [6.07, 6.45) is 5.00. The van der Waals surface area contributed by atoms with Gasteiger partial charge in [0.1, 0.15) is 0 Å². The fourth-order valence-electron chi connectivity index (χ4n) is 2.53. The van der Waals surface area contributed by atoms with Crippen molar-refractivity contribution in [2.45, 2.75) is 51.5 Å². The second-order valence-corrected chi connectivity index (χ2v) is 4.97. The number of nitrogens with two attached hydrogens (primary N) is 1. The summed E-state index contributed by atoms with van der Waals surface area (Å²) in [4.78, 5) is 24.6. The molecule has 1 fully saturated rings. The summed E-state index contributed by atoms with van der Waals surface area (Å²) in [5, 5.41) is 8.68. The zero-order chi connectivity index (χ0) is 13.5. The minimum atomic E-state index is -0.869. The number of hydrogen-bond donors (Lipinski definition) is 2. The van der Waals surface area contributed by atoms with Crippen molar-refractivity contribution >= 4 is 11.9 Å². The maximum Gasteiger partial charge on any atom is 0.305 e. The van der Waals surface area contributed by atoms with E-state index in [1.807, 2.05) is 6.92 Å². The first kappa shape index (κ1) is 15.0. The average molecular weight is 256 g/mol. The number of carbonyl (C=O) groups excluding carboxylic acids is 1. The van der Waals surface area contributed by atoms with Crippen molar-refractivity contribution in [3.63, 3.8) is 0 Å². The van der Waals surface area contributed by atoms with Crippen LogP contribution in [0.4, 0.5) is 0 Å². The van der Waals surface area contributed by atoms with Crippen LogP contribution in [0.1, 0.15) is 45.4 Å². The molecular weight excluding hydrogens is 232 g/mol. The Morgan fingerprint density at radius 1 is 1.28 bits per heavy atom. The molecule has 1 aliphatic rings. The first-order valence-electron chi connectivity index (χ1n) is 6.82. The fourth-order valence-corrected chi connectivity index (χ4v) is 2.53. The van der Waals surface area contributed by atoms with Crippen LogP contribution >= 0.6 is 0 Å². The Morgan fingerprint density at radius 2 is 1.94 bits per heavy atom. The Labute approximate surface area is 108 Å². The minimum absolute atomic E-state index is 0.00153. The number of nitrogens with zero attached hydrogens (tertiary/aromatic N) is 1. The molecule has 3 N–H and O–H groups in total. The smallest absolute Gasteiger partial charge is 0.305 e. The van der Waals surface area contributed by atoms with Crippen molar-refractivity contribution in [1.29, 1.82) is 0 Å². The van der Waals surface area contributed by atoms with Crippen LogP contribution in [0.25, 0.3) is 0 Å². The van der Waals surface area contributed by atoms with Crippen molar-refractivity contribution in [2.75, 3.05) is 13.1 Å². The van der Waals surface area contributed by atoms with Gasteiger partial charge < -0.3 is 15.7 Å². The van der Waals surface area contributed by atoms with Crippen LogP contribution in [0.15, 0.2) is 0 Å². The van der Waals surface area contributed by atoms with Gasteiger partial charge in [-0.25, -0.2) is 0 Å². The number of amides is 1. The molecule has 1 amide bonds. The Balaban J connectivity index is 2.60. The van der Waals surface area contributed by atoms with Gasteiger partial charge in [-0.15, -0.1) is 0 Å². The summed E-state index contributed by atoms with van der Waals surface area (Å²) < 4.78 is 0. The highest BCUT2D eigenvalue weighted by atomic mass is 16.4. The zero-order valence-electron chi connectivity index (χ0n) is 11.1. The van der Waals surface area contributed by atoms with Gasteiger partial charge in [-0.3, -0.25) is 9.59 Å². The first-order valence-corrected chi connectivity index (χ1v) is 6.82. The Morgan fingerprint density at radius 3 is 2.56 bits per heavy atom. The molecule has 1 saturated carbocycles. The monoisotopic (exact) mass is 256 g/mol. The molecule has 0 bridgehead atoms. The van der Waals surface area contributed by atoms with Crippen LogP contribution in [0.2, 0.25) is 0 Å². The number of carbonyl (C=O) groups is 2. The third-order valence-corrected chi connectivity index (χ3v) is 3.68. The molecule has 104 valence electrons. The first-order chi connectivity index (χ1) is 8.56. The third kappa shape index (κ3) is 4.29. The van der Waals surface area contributed by atoms with E-state index in [1.165, 1.54) is 0 Å². The lowest BCUT2D eigenvalue weighted by molar-refractivity contribution is -0.140. The summed E-state index contributed by atoms with van der Waals surface area (Å²) in [5.74, 6) is -0.958. The van der Waals surface area contributed by atoms with Gasteiger partial charge in [0.25, 0.3) is 0 Å². The lowest BCUT2D eigenvalue weighted by atomic mass is 9.94. The third-order valence-electron chi connectivity index (χ3n) is 3.68. The molecule has 5 nitrogen and oxygen atoms in total. The van der Waals surface area contributed by atoms with E-state index in [4.69, 9.17) is 10.8 Å². The Bertz CT molecular complexity index is 294. The number of carboxylic acids is 1. The molecule has 0 aliphatic heterocycles. The van der Waals surface area contributed by atoms with Gasteiger partial charge in [-0.1, -0.05) is 19.3 Å². The molecule has 0 aromatic rings. The lowest BCUT2D eigenvalue weighted by Gasteiger charge is -2.28. The molecule has 0 aromatic carbocycles. The molecule has 2 unspecified atom stereocenters. The minimum Gasteiger partial charge on any atom is -0.481 e. The van der Waals surface area contributed by atoms with Crippen LogP contribution in [0.3, 0.4) is 0 Å². The van der Waals surface area contributed by atoms with Crippen molar-refractivity contribution < 1.29 is 14.7 Å². The Hall–Kier alpha value is -1.10. The summed E-state index contributed by atoms with van der Waals surface area (Å²) in [7, 11) is 0. The molecule has 1 aliphatic carbocycles. The lowest BCUT2D eigenvalue weighted by Crippen LogP contribution is -2.44. The highest BCUT2D eigenvalue weighted by Crippen LogP contribution is 2.24. The van der Waals surface area contributed by atoms with E-state index in [0.717, 1.165) is 32.1 Å². The summed E-state index contributed by atoms with van der Waals surface area (Å²) in [5.41, 5.74) is 6.06. The van der Waals surface area contributed by atoms with Gasteiger partial charge in [0.2, 0.25) is 5.91 Å². The van der Waals surface area contributed by atoms with E-state index in [9.17, 15) is 9.59 Å². The molecule has 18 heavy (non-hydrogen) atoms. The summed E-state index contributed by atoms with van der Waals surface area (Å²) in [6, 6.07) is -0.0705. The highest BCUT2D eigenvalue weighted by Gasteiger charge is 2.30. The topological polar surface area (TPSA) is 83.6 Å². The van der Waals surface area contributed by atoms with E-state index in [-0.39, 0.29) is 30.8 Å². The molecule has 0 heterocycles. The predicted octanol–water partition coefficient (Wildman–Crippen LogP) is 1.22. The van der Waals surface area contributed by atoms with Gasteiger partial charge in [0, 0.05) is 19.1 Å². The maximum absolute atomic E-state index is 12.4. The van der Waals surface area contributed by atoms with E-state index >= 15 is 0 Å². The fraction of sp³-hybridized carbons (Fsp3) is 0.846. The molecule has 5 heteroatoms. The van der Waals surface area contributed by atoms with Gasteiger partial charge in [-0.05, 0) is 19.8 Å². The molecule has 0 spiro atoms. The number of carboxylic acid groups (broad SMARTS) is 1. The van der Waals surface area contributed by atoms with Crippen molar-refractivity contribution in [1.82, 2.24) is 4.90 Å². The van der Waals surface area contributed by atoms with Gasteiger partial charge >= 0.3 is 5.97 Å². The Kier molecular flexibility index (Phi) is 6.12. The summed E-state index contributed by atoms with van der Waals surface area (Å²) in [6.45, 7) is 2.71. The standard InChI is InChI=1S/C13H24N2O3/c1-2-15(9-8-12(16)17)13(18)10-6-4-3-5-7-11(10)14/h10-11H,2-9,14H2,1H3,(H,16,17). The molecule has 0 aromatic heterocycles. The highest BCUT2D eigenvalue weighted by molar-refractivity contribution is 5.80. The number of aliphatic carboxylic acids is 1. The molecule has 0 radical (unpaired) electrons. The van der Waals surface area contributed by atoms with E-state index in [2.05, 4.69) is 0 Å². The zero-order valence-corrected chi connectivity index (χ0v) is 11.1. The van der Waals surface area contributed by atoms with Crippen LogP contribution in [0, 0.1) is 5.92 Å². The SMILES string of the molecule is CCN(CCC(=O)O)C(=O)C1CCCCCC1N. The second kappa shape index (κ2) is 7.36. The maximum atomic E-state index is 12.4. The van der Waals surface area contributed by atoms with Gasteiger partial charge in [0.05, 0.1) is 12.3 Å². The molecular formula is C13H24N2O3. The predicted molar refractivity (Wildman–Crippen MR) is 69.1 cm³/mol.